The van der Waals surface area contributed by atoms with Crippen molar-refractivity contribution in [1.29, 1.82) is 0 Å². The van der Waals surface area contributed by atoms with Gasteiger partial charge >= 0.3 is 0 Å². The van der Waals surface area contributed by atoms with Crippen molar-refractivity contribution in [3.8, 4) is 10.8 Å². The van der Waals surface area contributed by atoms with Gasteiger partial charge in [-0.05, 0) is 50.2 Å². The highest BCUT2D eigenvalue weighted by atomic mass is 32.1. The molecule has 2 fully saturated rings. The molecule has 2 aromatic rings. The first kappa shape index (κ1) is 14.4. The van der Waals surface area contributed by atoms with Crippen molar-refractivity contribution in [3.63, 3.8) is 0 Å². The van der Waals surface area contributed by atoms with Crippen molar-refractivity contribution >= 4 is 11.3 Å². The van der Waals surface area contributed by atoms with E-state index in [1.54, 1.807) is 11.3 Å². The van der Waals surface area contributed by atoms with E-state index in [2.05, 4.69) is 35.3 Å². The maximum absolute atomic E-state index is 5.85. The second-order valence-corrected chi connectivity index (χ2v) is 7.89. The van der Waals surface area contributed by atoms with Crippen LogP contribution in [0.3, 0.4) is 0 Å². The van der Waals surface area contributed by atoms with Gasteiger partial charge in [0.15, 0.2) is 0 Å². The van der Waals surface area contributed by atoms with Crippen LogP contribution in [0.1, 0.15) is 11.5 Å². The summed E-state index contributed by atoms with van der Waals surface area (Å²) in [4.78, 5) is 10.7. The molecule has 5 heteroatoms. The average molecular weight is 317 g/mol. The van der Waals surface area contributed by atoms with Crippen LogP contribution in [-0.2, 0) is 6.54 Å². The van der Waals surface area contributed by atoms with Gasteiger partial charge in [0.1, 0.15) is 5.76 Å². The van der Waals surface area contributed by atoms with E-state index in [1.165, 1.54) is 19.6 Å². The van der Waals surface area contributed by atoms with Crippen LogP contribution >= 0.6 is 11.3 Å². The number of rotatable bonds is 5. The summed E-state index contributed by atoms with van der Waals surface area (Å²) >= 11 is 1.68. The van der Waals surface area contributed by atoms with Crippen molar-refractivity contribution in [2.24, 2.45) is 17.8 Å². The summed E-state index contributed by atoms with van der Waals surface area (Å²) in [5.74, 6) is 4.48. The molecule has 0 spiro atoms. The zero-order chi connectivity index (χ0) is 15.3. The zero-order valence-electron chi connectivity index (χ0n) is 13.5. The Morgan fingerprint density at radius 3 is 2.77 bits per heavy atom. The molecule has 1 saturated heterocycles. The van der Waals surface area contributed by atoms with Gasteiger partial charge in [-0.25, -0.2) is 4.98 Å². The van der Waals surface area contributed by atoms with Crippen molar-refractivity contribution in [2.75, 3.05) is 33.7 Å². The van der Waals surface area contributed by atoms with E-state index in [9.17, 15) is 0 Å². The van der Waals surface area contributed by atoms with Crippen molar-refractivity contribution in [3.05, 3.63) is 29.0 Å². The molecular weight excluding hydrogens is 294 g/mol. The molecular formula is C17H23N3OS. The van der Waals surface area contributed by atoms with Crippen LogP contribution in [-0.4, -0.2) is 48.5 Å². The molecule has 4 nitrogen and oxygen atoms in total. The molecule has 2 aromatic heterocycles. The molecule has 0 bridgehead atoms. The maximum atomic E-state index is 5.85. The van der Waals surface area contributed by atoms with Crippen molar-refractivity contribution in [1.82, 2.24) is 14.8 Å². The highest BCUT2D eigenvalue weighted by Gasteiger charge is 2.55. The number of hydrogen-bond donors (Lipinski definition) is 0. The summed E-state index contributed by atoms with van der Waals surface area (Å²) in [6.45, 7) is 6.66. The van der Waals surface area contributed by atoms with Gasteiger partial charge in [-0.1, -0.05) is 6.07 Å². The second-order valence-electron chi connectivity index (χ2n) is 6.95. The van der Waals surface area contributed by atoms with Gasteiger partial charge in [0.05, 0.1) is 10.6 Å². The first-order chi connectivity index (χ1) is 10.6. The van der Waals surface area contributed by atoms with E-state index < -0.39 is 0 Å². The molecule has 2 aliphatic rings. The highest BCUT2D eigenvalue weighted by molar-refractivity contribution is 7.13. The molecule has 0 N–H and O–H groups in total. The number of piperidine rings is 1. The third-order valence-corrected chi connectivity index (χ3v) is 5.88. The van der Waals surface area contributed by atoms with E-state index in [1.807, 2.05) is 13.0 Å². The molecule has 4 rings (SSSR count). The van der Waals surface area contributed by atoms with Crippen LogP contribution in [0.5, 0.6) is 0 Å². The number of thiophene rings is 1. The van der Waals surface area contributed by atoms with E-state index in [0.29, 0.717) is 0 Å². The lowest BCUT2D eigenvalue weighted by Gasteiger charge is -2.19. The molecule has 1 unspecified atom stereocenters. The number of likely N-dealkylation sites (tertiary alicyclic amines) is 1. The Hall–Kier alpha value is -1.17. The van der Waals surface area contributed by atoms with Crippen LogP contribution in [0.2, 0.25) is 0 Å². The predicted molar refractivity (Wildman–Crippen MR) is 88.9 cm³/mol. The molecule has 22 heavy (non-hydrogen) atoms. The average Bonchev–Trinajstić information content (AvgIpc) is 2.96. The van der Waals surface area contributed by atoms with Gasteiger partial charge in [-0.15, -0.1) is 11.3 Å². The topological polar surface area (TPSA) is 32.5 Å². The molecule has 3 atom stereocenters. The standard InChI is InChI=1S/C17H23N3OS/c1-11-15(18-17(21-11)16-5-4-6-22-16)10-20-8-13-12(7-19(2)3)14(13)9-20/h4-6,12-14H,7-10H2,1-3H3/t12?,13-,14+. The number of aryl methyl sites for hydroxylation is 1. The Labute approximate surface area is 135 Å². The molecule has 1 aliphatic heterocycles. The van der Waals surface area contributed by atoms with E-state index >= 15 is 0 Å². The monoisotopic (exact) mass is 317 g/mol. The lowest BCUT2D eigenvalue weighted by molar-refractivity contribution is 0.255. The fraction of sp³-hybridized carbons (Fsp3) is 0.588. The quantitative estimate of drug-likeness (QED) is 0.849. The summed E-state index contributed by atoms with van der Waals surface area (Å²) in [6.07, 6.45) is 0. The zero-order valence-corrected chi connectivity index (χ0v) is 14.3. The first-order valence-electron chi connectivity index (χ1n) is 7.99. The largest absolute Gasteiger partial charge is 0.440 e. The van der Waals surface area contributed by atoms with Crippen LogP contribution in [0.15, 0.2) is 21.9 Å². The van der Waals surface area contributed by atoms with Gasteiger partial charge in [0.2, 0.25) is 5.89 Å². The van der Waals surface area contributed by atoms with E-state index in [0.717, 1.165) is 46.5 Å². The Morgan fingerprint density at radius 1 is 1.36 bits per heavy atom. The highest BCUT2D eigenvalue weighted by Crippen LogP contribution is 2.52. The van der Waals surface area contributed by atoms with Crippen molar-refractivity contribution < 1.29 is 4.42 Å². The van der Waals surface area contributed by atoms with Gasteiger partial charge in [0, 0.05) is 26.2 Å². The minimum absolute atomic E-state index is 0.775. The Kier molecular flexibility index (Phi) is 3.59. The fourth-order valence-corrected chi connectivity index (χ4v) is 4.50. The smallest absolute Gasteiger partial charge is 0.236 e. The fourth-order valence-electron chi connectivity index (χ4n) is 3.85. The Bertz CT molecular complexity index is 637. The number of fused-ring (bicyclic) bond motifs is 1. The summed E-state index contributed by atoms with van der Waals surface area (Å²) in [7, 11) is 4.35. The molecule has 118 valence electrons. The Morgan fingerprint density at radius 2 is 2.14 bits per heavy atom. The number of hydrogen-bond acceptors (Lipinski definition) is 5. The molecule has 3 heterocycles. The molecule has 1 aliphatic carbocycles. The third-order valence-electron chi connectivity index (χ3n) is 5.02. The van der Waals surface area contributed by atoms with Gasteiger partial charge in [-0.2, -0.15) is 0 Å². The van der Waals surface area contributed by atoms with Gasteiger partial charge < -0.3 is 9.32 Å². The number of oxazole rings is 1. The van der Waals surface area contributed by atoms with Crippen LogP contribution in [0.4, 0.5) is 0 Å². The predicted octanol–water partition coefficient (Wildman–Crippen LogP) is 2.95. The summed E-state index contributed by atoms with van der Waals surface area (Å²) in [6, 6.07) is 4.11. The lowest BCUT2D eigenvalue weighted by Crippen LogP contribution is -2.27. The first-order valence-corrected chi connectivity index (χ1v) is 8.87. The normalized spacial score (nSPS) is 27.5. The van der Waals surface area contributed by atoms with Crippen LogP contribution < -0.4 is 0 Å². The molecule has 0 aromatic carbocycles. The molecule has 0 radical (unpaired) electrons. The van der Waals surface area contributed by atoms with E-state index in [4.69, 9.17) is 9.40 Å². The second kappa shape index (κ2) is 5.48. The summed E-state index contributed by atoms with van der Waals surface area (Å²) in [5, 5.41) is 2.06. The van der Waals surface area contributed by atoms with Crippen LogP contribution in [0.25, 0.3) is 10.8 Å². The number of nitrogens with zero attached hydrogens (tertiary/aromatic N) is 3. The van der Waals surface area contributed by atoms with Crippen molar-refractivity contribution in [2.45, 2.75) is 13.5 Å². The Balaban J connectivity index is 1.38. The molecule has 0 amide bonds. The minimum atomic E-state index is 0.775. The summed E-state index contributed by atoms with van der Waals surface area (Å²) < 4.78 is 5.85. The maximum Gasteiger partial charge on any atom is 0.236 e. The number of aromatic nitrogens is 1. The lowest BCUT2D eigenvalue weighted by atomic mass is 10.2. The summed E-state index contributed by atoms with van der Waals surface area (Å²) in [5.41, 5.74) is 1.11. The van der Waals surface area contributed by atoms with Gasteiger partial charge in [-0.3, -0.25) is 4.90 Å². The van der Waals surface area contributed by atoms with E-state index in [-0.39, 0.29) is 0 Å². The SMILES string of the molecule is Cc1oc(-c2cccs2)nc1CN1C[C@@H]2C(CN(C)C)[C@@H]2C1. The molecule has 1 saturated carbocycles. The minimum Gasteiger partial charge on any atom is -0.440 e. The van der Waals surface area contributed by atoms with Crippen LogP contribution in [0, 0.1) is 24.7 Å². The third kappa shape index (κ3) is 2.62. The van der Waals surface area contributed by atoms with Gasteiger partial charge in [0.25, 0.3) is 0 Å².